The number of ketones is 1. The lowest BCUT2D eigenvalue weighted by Gasteiger charge is -2.07. The van der Waals surface area contributed by atoms with E-state index in [9.17, 15) is 14.9 Å². The fourth-order valence-corrected chi connectivity index (χ4v) is 3.26. The van der Waals surface area contributed by atoms with E-state index < -0.39 is 5.56 Å². The van der Waals surface area contributed by atoms with Crippen molar-refractivity contribution in [2.45, 2.75) is 19.0 Å². The van der Waals surface area contributed by atoms with Crippen molar-refractivity contribution < 1.29 is 4.79 Å². The minimum Gasteiger partial charge on any atom is -0.300 e. The first-order chi connectivity index (χ1) is 13.0. The van der Waals surface area contributed by atoms with Crippen molar-refractivity contribution in [1.82, 2.24) is 9.97 Å². The van der Waals surface area contributed by atoms with Gasteiger partial charge in [-0.05, 0) is 13.8 Å². The Morgan fingerprint density at radius 3 is 2.26 bits per heavy atom. The van der Waals surface area contributed by atoms with Gasteiger partial charge < -0.3 is 4.98 Å². The van der Waals surface area contributed by atoms with Gasteiger partial charge in [0.2, 0.25) is 0 Å². The lowest BCUT2D eigenvalue weighted by Crippen LogP contribution is -2.15. The van der Waals surface area contributed by atoms with E-state index in [1.807, 2.05) is 56.3 Å². The Morgan fingerprint density at radius 1 is 1.07 bits per heavy atom. The van der Waals surface area contributed by atoms with Gasteiger partial charge in [0, 0.05) is 11.1 Å². The number of rotatable bonds is 5. The number of aromatic nitrogens is 2. The average molecular weight is 375 g/mol. The molecule has 2 aromatic carbocycles. The number of H-pyrrole nitrogens is 1. The van der Waals surface area contributed by atoms with Crippen LogP contribution in [0.2, 0.25) is 0 Å². The summed E-state index contributed by atoms with van der Waals surface area (Å²) in [6.07, 6.45) is 0. The van der Waals surface area contributed by atoms with Crippen molar-refractivity contribution in [3.63, 3.8) is 0 Å². The summed E-state index contributed by atoms with van der Waals surface area (Å²) in [5.74, 6) is 0.0921. The number of Topliss-reactive ketones (excluding diaryl/α,β-unsaturated/α-hetero) is 1. The number of carbonyl (C=O) groups is 1. The number of hydrogen-bond acceptors (Lipinski definition) is 5. The Kier molecular flexibility index (Phi) is 5.53. The number of carbonyl (C=O) groups excluding carboxylic acids is 1. The van der Waals surface area contributed by atoms with Gasteiger partial charge in [-0.3, -0.25) is 9.59 Å². The second-order valence-corrected chi connectivity index (χ2v) is 7.11. The van der Waals surface area contributed by atoms with Gasteiger partial charge in [-0.1, -0.05) is 71.4 Å². The first kappa shape index (κ1) is 18.6. The van der Waals surface area contributed by atoms with Crippen LogP contribution in [-0.2, 0) is 0 Å². The lowest BCUT2D eigenvalue weighted by atomic mass is 10.1. The molecule has 0 aliphatic carbocycles. The molecular weight excluding hydrogens is 358 g/mol. The molecule has 0 bridgehead atoms. The second-order valence-electron chi connectivity index (χ2n) is 6.15. The van der Waals surface area contributed by atoms with Crippen molar-refractivity contribution in [2.75, 3.05) is 5.75 Å². The van der Waals surface area contributed by atoms with Gasteiger partial charge in [0.1, 0.15) is 11.6 Å². The minimum atomic E-state index is -0.506. The summed E-state index contributed by atoms with van der Waals surface area (Å²) in [7, 11) is 0. The molecule has 0 radical (unpaired) electrons. The Labute approximate surface area is 161 Å². The standard InChI is InChI=1S/C21H17N3O2S/c1-13-3-7-15(8-4-13)18(25)12-27-21-23-19(17(11-22)20(26)24-21)16-9-5-14(2)6-10-16/h3-10H,12H2,1-2H3,(H,23,24,26). The number of nitrogens with zero attached hydrogens (tertiary/aromatic N) is 2. The molecule has 0 saturated carbocycles. The topological polar surface area (TPSA) is 86.6 Å². The molecule has 134 valence electrons. The Bertz CT molecular complexity index is 1080. The molecule has 0 fully saturated rings. The van der Waals surface area contributed by atoms with Gasteiger partial charge in [-0.2, -0.15) is 5.26 Å². The zero-order valence-electron chi connectivity index (χ0n) is 14.9. The molecule has 1 aromatic heterocycles. The van der Waals surface area contributed by atoms with Crippen molar-refractivity contribution in [1.29, 1.82) is 5.26 Å². The molecular formula is C21H17N3O2S. The maximum Gasteiger partial charge on any atom is 0.270 e. The van der Waals surface area contributed by atoms with Crippen LogP contribution in [0.1, 0.15) is 27.0 Å². The number of aromatic amines is 1. The molecule has 0 aliphatic rings. The van der Waals surface area contributed by atoms with E-state index in [4.69, 9.17) is 0 Å². The predicted molar refractivity (Wildman–Crippen MR) is 106 cm³/mol. The largest absolute Gasteiger partial charge is 0.300 e. The van der Waals surface area contributed by atoms with Crippen LogP contribution < -0.4 is 5.56 Å². The molecule has 3 rings (SSSR count). The second kappa shape index (κ2) is 8.02. The lowest BCUT2D eigenvalue weighted by molar-refractivity contribution is 0.102. The van der Waals surface area contributed by atoms with E-state index in [-0.39, 0.29) is 17.1 Å². The number of hydrogen-bond donors (Lipinski definition) is 1. The highest BCUT2D eigenvalue weighted by atomic mass is 32.2. The summed E-state index contributed by atoms with van der Waals surface area (Å²) >= 11 is 1.15. The van der Waals surface area contributed by atoms with Crippen LogP contribution in [0.15, 0.2) is 58.5 Å². The predicted octanol–water partition coefficient (Wildman–Crippen LogP) is 3.90. The Morgan fingerprint density at radius 2 is 1.67 bits per heavy atom. The molecule has 0 saturated heterocycles. The Balaban J connectivity index is 1.87. The maximum atomic E-state index is 12.3. The first-order valence-corrected chi connectivity index (χ1v) is 9.30. The molecule has 0 unspecified atom stereocenters. The van der Waals surface area contributed by atoms with Crippen LogP contribution >= 0.6 is 11.8 Å². The van der Waals surface area contributed by atoms with Crippen molar-refractivity contribution in [3.05, 3.63) is 81.1 Å². The van der Waals surface area contributed by atoms with Gasteiger partial charge in [-0.25, -0.2) is 4.98 Å². The minimum absolute atomic E-state index is 0.0342. The van der Waals surface area contributed by atoms with Crippen LogP contribution in [-0.4, -0.2) is 21.5 Å². The molecule has 0 spiro atoms. The number of benzene rings is 2. The van der Waals surface area contributed by atoms with Gasteiger partial charge in [-0.15, -0.1) is 0 Å². The molecule has 0 amide bonds. The summed E-state index contributed by atoms with van der Waals surface area (Å²) in [5.41, 5.74) is 3.24. The fourth-order valence-electron chi connectivity index (χ4n) is 2.50. The molecule has 3 aromatic rings. The van der Waals surface area contributed by atoms with E-state index in [2.05, 4.69) is 9.97 Å². The third-order valence-corrected chi connectivity index (χ3v) is 4.92. The molecule has 6 heteroatoms. The molecule has 0 aliphatic heterocycles. The summed E-state index contributed by atoms with van der Waals surface area (Å²) in [4.78, 5) is 31.6. The number of nitrogens with one attached hydrogen (secondary N) is 1. The Hall–Kier alpha value is -3.17. The fraction of sp³-hybridized carbons (Fsp3) is 0.143. The highest BCUT2D eigenvalue weighted by Gasteiger charge is 2.15. The van der Waals surface area contributed by atoms with E-state index >= 15 is 0 Å². The van der Waals surface area contributed by atoms with Crippen LogP contribution in [0, 0.1) is 25.2 Å². The third kappa shape index (κ3) is 4.33. The molecule has 1 N–H and O–H groups in total. The van der Waals surface area contributed by atoms with Crippen molar-refractivity contribution in [3.8, 4) is 17.3 Å². The zero-order chi connectivity index (χ0) is 19.4. The smallest absolute Gasteiger partial charge is 0.270 e. The molecule has 27 heavy (non-hydrogen) atoms. The molecule has 5 nitrogen and oxygen atoms in total. The summed E-state index contributed by atoms with van der Waals surface area (Å²) < 4.78 is 0. The van der Waals surface area contributed by atoms with Crippen LogP contribution in [0.3, 0.4) is 0 Å². The SMILES string of the molecule is Cc1ccc(C(=O)CSc2nc(-c3ccc(C)cc3)c(C#N)c(=O)[nH]2)cc1. The summed E-state index contributed by atoms with van der Waals surface area (Å²) in [6, 6.07) is 16.7. The maximum absolute atomic E-state index is 12.3. The van der Waals surface area contributed by atoms with Crippen LogP contribution in [0.25, 0.3) is 11.3 Å². The van der Waals surface area contributed by atoms with E-state index in [0.717, 1.165) is 22.9 Å². The van der Waals surface area contributed by atoms with Gasteiger partial charge in [0.15, 0.2) is 10.9 Å². The number of aryl methyl sites for hydroxylation is 2. The normalized spacial score (nSPS) is 10.4. The monoisotopic (exact) mass is 375 g/mol. The highest BCUT2D eigenvalue weighted by molar-refractivity contribution is 7.99. The van der Waals surface area contributed by atoms with E-state index in [1.54, 1.807) is 12.1 Å². The van der Waals surface area contributed by atoms with Gasteiger partial charge in [0.25, 0.3) is 5.56 Å². The van der Waals surface area contributed by atoms with Crippen molar-refractivity contribution >= 4 is 17.5 Å². The van der Waals surface area contributed by atoms with E-state index in [1.165, 1.54) is 0 Å². The quantitative estimate of drug-likeness (QED) is 0.415. The first-order valence-electron chi connectivity index (χ1n) is 8.32. The van der Waals surface area contributed by atoms with E-state index in [0.29, 0.717) is 22.0 Å². The summed E-state index contributed by atoms with van der Waals surface area (Å²) in [5, 5.41) is 9.64. The van der Waals surface area contributed by atoms with Crippen LogP contribution in [0.4, 0.5) is 0 Å². The number of nitriles is 1. The van der Waals surface area contributed by atoms with Gasteiger partial charge >= 0.3 is 0 Å². The molecule has 0 atom stereocenters. The molecule has 1 heterocycles. The van der Waals surface area contributed by atoms with Crippen LogP contribution in [0.5, 0.6) is 0 Å². The van der Waals surface area contributed by atoms with Crippen molar-refractivity contribution in [2.24, 2.45) is 0 Å². The zero-order valence-corrected chi connectivity index (χ0v) is 15.8. The summed E-state index contributed by atoms with van der Waals surface area (Å²) in [6.45, 7) is 3.92. The third-order valence-electron chi connectivity index (χ3n) is 4.05. The van der Waals surface area contributed by atoms with Gasteiger partial charge in [0.05, 0.1) is 11.4 Å². The highest BCUT2D eigenvalue weighted by Crippen LogP contribution is 2.23. The average Bonchev–Trinajstić information content (AvgIpc) is 2.67. The number of thioether (sulfide) groups is 1.